The smallest absolute Gasteiger partial charge is 0.261 e. The molecule has 0 amide bonds. The molecular weight excluding hydrogens is 369 g/mol. The molecule has 0 bridgehead atoms. The second-order valence-corrected chi connectivity index (χ2v) is 6.11. The number of carbonyl (C=O) groups is 2. The van der Waals surface area contributed by atoms with Gasteiger partial charge in [0.25, 0.3) is 5.78 Å². The van der Waals surface area contributed by atoms with Crippen LogP contribution in [0.25, 0.3) is 33.0 Å². The largest absolute Gasteiger partial charge is 0.459 e. The van der Waals surface area contributed by atoms with Crippen LogP contribution in [0.3, 0.4) is 0 Å². The van der Waals surface area contributed by atoms with E-state index >= 15 is 0 Å². The van der Waals surface area contributed by atoms with Gasteiger partial charge in [-0.3, -0.25) is 9.59 Å². The fraction of sp³-hybridized carbons (Fsp3) is 0. The van der Waals surface area contributed by atoms with Gasteiger partial charge in [-0.15, -0.1) is 0 Å². The summed E-state index contributed by atoms with van der Waals surface area (Å²) >= 11 is 0. The SMILES string of the molecule is O=CC(=O)c1occ(-c2c(F)cc(F)cc2F)c1-c1cccc2ccccc12. The van der Waals surface area contributed by atoms with Crippen molar-refractivity contribution in [3.63, 3.8) is 0 Å². The number of carbonyl (C=O) groups excluding carboxylic acids is 2. The number of benzene rings is 3. The molecule has 4 rings (SSSR count). The molecule has 0 N–H and O–H groups in total. The van der Waals surface area contributed by atoms with E-state index in [1.807, 2.05) is 18.2 Å². The first kappa shape index (κ1) is 17.7. The minimum Gasteiger partial charge on any atom is -0.459 e. The predicted molar refractivity (Wildman–Crippen MR) is 97.4 cm³/mol. The summed E-state index contributed by atoms with van der Waals surface area (Å²) in [5.74, 6) is -4.69. The Balaban J connectivity index is 2.10. The average molecular weight is 380 g/mol. The monoisotopic (exact) mass is 380 g/mol. The highest BCUT2D eigenvalue weighted by atomic mass is 19.1. The van der Waals surface area contributed by atoms with Crippen LogP contribution in [-0.4, -0.2) is 12.1 Å². The molecule has 0 radical (unpaired) electrons. The molecular formula is C22H11F3O3. The number of hydrogen-bond donors (Lipinski definition) is 0. The van der Waals surface area contributed by atoms with Gasteiger partial charge in [0.2, 0.25) is 0 Å². The van der Waals surface area contributed by atoms with Gasteiger partial charge in [-0.1, -0.05) is 42.5 Å². The van der Waals surface area contributed by atoms with E-state index in [1.54, 1.807) is 24.3 Å². The van der Waals surface area contributed by atoms with Gasteiger partial charge in [0, 0.05) is 23.3 Å². The summed E-state index contributed by atoms with van der Waals surface area (Å²) in [6.07, 6.45) is 1.06. The molecule has 0 atom stereocenters. The molecule has 0 saturated carbocycles. The molecule has 0 fully saturated rings. The molecule has 3 nitrogen and oxygen atoms in total. The first-order valence-corrected chi connectivity index (χ1v) is 8.25. The molecule has 0 aliphatic heterocycles. The van der Waals surface area contributed by atoms with Gasteiger partial charge in [0.15, 0.2) is 12.0 Å². The number of aldehydes is 1. The van der Waals surface area contributed by atoms with Crippen LogP contribution < -0.4 is 0 Å². The lowest BCUT2D eigenvalue weighted by molar-refractivity contribution is -0.104. The molecule has 0 saturated heterocycles. The minimum atomic E-state index is -1.15. The number of Topliss-reactive ketones (excluding diaryl/α,β-unsaturated/α-hetero) is 1. The Morgan fingerprint density at radius 1 is 0.857 bits per heavy atom. The third-order valence-electron chi connectivity index (χ3n) is 4.46. The Bertz CT molecular complexity index is 1210. The number of halogens is 3. The molecule has 0 unspecified atom stereocenters. The van der Waals surface area contributed by atoms with E-state index < -0.39 is 28.8 Å². The Hall–Kier alpha value is -3.67. The first-order valence-electron chi connectivity index (χ1n) is 8.25. The summed E-state index contributed by atoms with van der Waals surface area (Å²) in [7, 11) is 0. The number of hydrogen-bond acceptors (Lipinski definition) is 3. The van der Waals surface area contributed by atoms with Gasteiger partial charge in [0.1, 0.15) is 23.7 Å². The standard InChI is InChI=1S/C22H11F3O3/c23-13-8-17(24)21(18(25)9-13)16-11-28-22(19(27)10-26)20(16)15-7-3-5-12-4-1-2-6-14(12)15/h1-11H. The molecule has 0 aliphatic rings. The summed E-state index contributed by atoms with van der Waals surface area (Å²) in [4.78, 5) is 23.2. The van der Waals surface area contributed by atoms with E-state index in [2.05, 4.69) is 0 Å². The van der Waals surface area contributed by atoms with E-state index in [0.717, 1.165) is 11.6 Å². The van der Waals surface area contributed by atoms with Crippen molar-refractivity contribution < 1.29 is 27.2 Å². The summed E-state index contributed by atoms with van der Waals surface area (Å²) in [6, 6.07) is 13.5. The second kappa shape index (κ2) is 6.81. The molecule has 0 aliphatic carbocycles. The van der Waals surface area contributed by atoms with E-state index in [1.165, 1.54) is 0 Å². The van der Waals surface area contributed by atoms with Crippen molar-refractivity contribution in [2.45, 2.75) is 0 Å². The number of ketones is 1. The van der Waals surface area contributed by atoms with Crippen molar-refractivity contribution in [3.8, 4) is 22.3 Å². The van der Waals surface area contributed by atoms with E-state index in [9.17, 15) is 22.8 Å². The van der Waals surface area contributed by atoms with Gasteiger partial charge < -0.3 is 4.42 Å². The van der Waals surface area contributed by atoms with Crippen molar-refractivity contribution >= 4 is 22.8 Å². The van der Waals surface area contributed by atoms with Gasteiger partial charge in [-0.05, 0) is 16.3 Å². The summed E-state index contributed by atoms with van der Waals surface area (Å²) < 4.78 is 47.4. The zero-order valence-corrected chi connectivity index (χ0v) is 14.2. The average Bonchev–Trinajstić information content (AvgIpc) is 3.10. The van der Waals surface area contributed by atoms with Gasteiger partial charge in [0.05, 0.1) is 5.56 Å². The highest BCUT2D eigenvalue weighted by Crippen LogP contribution is 2.41. The van der Waals surface area contributed by atoms with Crippen molar-refractivity contribution in [2.24, 2.45) is 0 Å². The normalized spacial score (nSPS) is 11.0. The molecule has 4 aromatic rings. The van der Waals surface area contributed by atoms with Crippen LogP contribution in [0.15, 0.2) is 65.3 Å². The second-order valence-electron chi connectivity index (χ2n) is 6.11. The van der Waals surface area contributed by atoms with E-state index in [0.29, 0.717) is 23.1 Å². The maximum absolute atomic E-state index is 14.4. The fourth-order valence-corrected chi connectivity index (χ4v) is 3.29. The van der Waals surface area contributed by atoms with Crippen LogP contribution >= 0.6 is 0 Å². The molecule has 28 heavy (non-hydrogen) atoms. The predicted octanol–water partition coefficient (Wildman–Crippen LogP) is 5.57. The Morgan fingerprint density at radius 3 is 2.25 bits per heavy atom. The Labute approximate surface area is 157 Å². The van der Waals surface area contributed by atoms with Crippen LogP contribution in [0.1, 0.15) is 10.6 Å². The lowest BCUT2D eigenvalue weighted by atomic mass is 9.91. The van der Waals surface area contributed by atoms with E-state index in [-0.39, 0.29) is 23.2 Å². The van der Waals surface area contributed by atoms with Crippen LogP contribution in [0.2, 0.25) is 0 Å². The third kappa shape index (κ3) is 2.79. The number of rotatable bonds is 4. The fourth-order valence-electron chi connectivity index (χ4n) is 3.29. The lowest BCUT2D eigenvalue weighted by Crippen LogP contribution is -2.01. The molecule has 1 heterocycles. The topological polar surface area (TPSA) is 47.3 Å². The van der Waals surface area contributed by atoms with Gasteiger partial charge >= 0.3 is 0 Å². The van der Waals surface area contributed by atoms with Gasteiger partial charge in [-0.2, -0.15) is 0 Å². The van der Waals surface area contributed by atoms with E-state index in [4.69, 9.17) is 4.42 Å². The molecule has 3 aromatic carbocycles. The maximum Gasteiger partial charge on any atom is 0.261 e. The van der Waals surface area contributed by atoms with Crippen molar-refractivity contribution in [1.29, 1.82) is 0 Å². The Kier molecular flexibility index (Phi) is 4.31. The summed E-state index contributed by atoms with van der Waals surface area (Å²) in [5, 5.41) is 1.51. The van der Waals surface area contributed by atoms with Crippen LogP contribution in [0.5, 0.6) is 0 Å². The number of furan rings is 1. The third-order valence-corrected chi connectivity index (χ3v) is 4.46. The molecule has 138 valence electrons. The van der Waals surface area contributed by atoms with Crippen molar-refractivity contribution in [1.82, 2.24) is 0 Å². The quantitative estimate of drug-likeness (QED) is 0.264. The van der Waals surface area contributed by atoms with Crippen LogP contribution in [-0.2, 0) is 4.79 Å². The van der Waals surface area contributed by atoms with Crippen molar-refractivity contribution in [3.05, 3.63) is 84.1 Å². The van der Waals surface area contributed by atoms with Crippen molar-refractivity contribution in [2.75, 3.05) is 0 Å². The van der Waals surface area contributed by atoms with Crippen LogP contribution in [0, 0.1) is 17.5 Å². The highest BCUT2D eigenvalue weighted by molar-refractivity contribution is 6.34. The molecule has 0 spiro atoms. The Morgan fingerprint density at radius 2 is 1.54 bits per heavy atom. The number of fused-ring (bicyclic) bond motifs is 1. The summed E-state index contributed by atoms with van der Waals surface area (Å²) in [6.45, 7) is 0. The van der Waals surface area contributed by atoms with Gasteiger partial charge in [-0.25, -0.2) is 13.2 Å². The molecule has 6 heteroatoms. The zero-order valence-electron chi connectivity index (χ0n) is 14.2. The molecule has 1 aromatic heterocycles. The highest BCUT2D eigenvalue weighted by Gasteiger charge is 2.27. The zero-order chi connectivity index (χ0) is 19.8. The van der Waals surface area contributed by atoms with Crippen LogP contribution in [0.4, 0.5) is 13.2 Å². The lowest BCUT2D eigenvalue weighted by Gasteiger charge is -2.10. The first-order chi connectivity index (χ1) is 13.5. The maximum atomic E-state index is 14.4. The minimum absolute atomic E-state index is 0.0641. The summed E-state index contributed by atoms with van der Waals surface area (Å²) in [5.41, 5.74) is -0.108.